The van der Waals surface area contributed by atoms with Crippen molar-refractivity contribution in [1.82, 2.24) is 5.32 Å². The number of hydrogen-bond acceptors (Lipinski definition) is 11. The van der Waals surface area contributed by atoms with Gasteiger partial charge in [0.2, 0.25) is 0 Å². The van der Waals surface area contributed by atoms with E-state index in [0.717, 1.165) is 12.8 Å². The van der Waals surface area contributed by atoms with Crippen LogP contribution >= 0.6 is 0 Å². The van der Waals surface area contributed by atoms with Gasteiger partial charge in [-0.05, 0) is 37.3 Å². The van der Waals surface area contributed by atoms with Crippen molar-refractivity contribution in [1.29, 1.82) is 0 Å². The Balaban J connectivity index is 1.49. The average Bonchev–Trinajstić information content (AvgIpc) is 3.34. The van der Waals surface area contributed by atoms with Gasteiger partial charge >= 0.3 is 11.9 Å². The molecule has 11 heteroatoms. The Morgan fingerprint density at radius 3 is 2.40 bits per heavy atom. The SMILES string of the molecule is COCC12CCC(OC)C34C5CC6(O)C(OC)C(O)C(OC(C)=O)(C5C6OC(=O)c5ccccc5)C(C(OC)C13)C4NC2. The summed E-state index contributed by atoms with van der Waals surface area (Å²) in [7, 11) is 6.50. The zero-order valence-corrected chi connectivity index (χ0v) is 25.4. The van der Waals surface area contributed by atoms with Crippen LogP contribution in [-0.4, -0.2) is 112 Å². The maximum atomic E-state index is 13.6. The standard InChI is InChI=1S/C32H43NO10/c1-16(34)43-32-20-18(13-30(37,27(41-5)25(32)35)26(20)42-28(36)17-9-7-6-8-10-17)31-19(39-3)11-12-29(15-38-2)14-33-24(31)21(32)22(40-4)23(29)31/h6-10,18-27,33,35,37H,11-15H2,1-5H3. The lowest BCUT2D eigenvalue weighted by molar-refractivity contribution is -0.308. The third-order valence-electron chi connectivity index (χ3n) is 12.4. The van der Waals surface area contributed by atoms with Gasteiger partial charge < -0.3 is 44.0 Å². The molecule has 1 aromatic rings. The smallest absolute Gasteiger partial charge is 0.338 e. The molecule has 6 aliphatic rings. The van der Waals surface area contributed by atoms with Gasteiger partial charge in [0, 0.05) is 76.5 Å². The van der Waals surface area contributed by atoms with Crippen molar-refractivity contribution < 1.29 is 48.2 Å². The van der Waals surface area contributed by atoms with Gasteiger partial charge in [-0.25, -0.2) is 4.79 Å². The number of fused-ring (bicyclic) bond motifs is 2. The van der Waals surface area contributed by atoms with E-state index in [0.29, 0.717) is 18.7 Å². The van der Waals surface area contributed by atoms with Crippen molar-refractivity contribution >= 4 is 11.9 Å². The van der Waals surface area contributed by atoms with Crippen molar-refractivity contribution in [3.05, 3.63) is 35.9 Å². The molecule has 0 aromatic heterocycles. The minimum atomic E-state index is -1.76. The monoisotopic (exact) mass is 601 g/mol. The van der Waals surface area contributed by atoms with Crippen LogP contribution < -0.4 is 5.32 Å². The molecular formula is C32H43NO10. The minimum Gasteiger partial charge on any atom is -0.455 e. The second kappa shape index (κ2) is 9.94. The molecule has 43 heavy (non-hydrogen) atoms. The third-order valence-corrected chi connectivity index (χ3v) is 12.4. The molecule has 236 valence electrons. The van der Waals surface area contributed by atoms with Crippen molar-refractivity contribution in [2.45, 2.75) is 73.9 Å². The second-order valence-corrected chi connectivity index (χ2v) is 13.7. The van der Waals surface area contributed by atoms with Gasteiger partial charge in [0.25, 0.3) is 0 Å². The highest BCUT2D eigenvalue weighted by atomic mass is 16.6. The Morgan fingerprint density at radius 1 is 1.02 bits per heavy atom. The third kappa shape index (κ3) is 3.39. The van der Waals surface area contributed by atoms with E-state index in [1.807, 2.05) is 0 Å². The number of rotatable bonds is 8. The molecule has 7 rings (SSSR count). The molecular weight excluding hydrogens is 558 g/mol. The fraction of sp³-hybridized carbons (Fsp3) is 0.750. The number of carbonyl (C=O) groups is 2. The number of hydrogen-bond donors (Lipinski definition) is 3. The van der Waals surface area contributed by atoms with Crippen molar-refractivity contribution in [3.63, 3.8) is 0 Å². The molecule has 0 radical (unpaired) electrons. The van der Waals surface area contributed by atoms with Gasteiger partial charge in [-0.15, -0.1) is 0 Å². The molecule has 0 amide bonds. The predicted octanol–water partition coefficient (Wildman–Crippen LogP) is 0.945. The molecule has 1 aromatic carbocycles. The van der Waals surface area contributed by atoms with Crippen LogP contribution in [-0.2, 0) is 33.2 Å². The number of benzene rings is 1. The number of methoxy groups -OCH3 is 4. The van der Waals surface area contributed by atoms with Gasteiger partial charge in [0.05, 0.1) is 24.4 Å². The highest BCUT2D eigenvalue weighted by Crippen LogP contribution is 2.79. The summed E-state index contributed by atoms with van der Waals surface area (Å²) in [6.07, 6.45) is -2.69. The van der Waals surface area contributed by atoms with Crippen LogP contribution in [0.2, 0.25) is 0 Å². The molecule has 1 aliphatic heterocycles. The first-order valence-corrected chi connectivity index (χ1v) is 15.3. The number of carbonyl (C=O) groups excluding carboxylic acids is 2. The van der Waals surface area contributed by atoms with Gasteiger partial charge in [0.1, 0.15) is 23.9 Å². The Morgan fingerprint density at radius 2 is 1.77 bits per heavy atom. The van der Waals surface area contributed by atoms with E-state index in [4.69, 9.17) is 28.4 Å². The lowest BCUT2D eigenvalue weighted by Gasteiger charge is -2.67. The van der Waals surface area contributed by atoms with Crippen molar-refractivity contribution in [3.8, 4) is 0 Å². The quantitative estimate of drug-likeness (QED) is 0.367. The van der Waals surface area contributed by atoms with Crippen molar-refractivity contribution in [2.75, 3.05) is 41.6 Å². The lowest BCUT2D eigenvalue weighted by Crippen LogP contribution is -2.80. The number of aliphatic hydroxyl groups excluding tert-OH is 1. The average molecular weight is 602 g/mol. The van der Waals surface area contributed by atoms with E-state index in [1.54, 1.807) is 51.7 Å². The maximum absolute atomic E-state index is 13.6. The van der Waals surface area contributed by atoms with Crippen LogP contribution in [0, 0.1) is 34.5 Å². The summed E-state index contributed by atoms with van der Waals surface area (Å²) in [4.78, 5) is 26.7. The highest BCUT2D eigenvalue weighted by molar-refractivity contribution is 5.89. The first-order valence-electron chi connectivity index (χ1n) is 15.3. The molecule has 5 aliphatic carbocycles. The van der Waals surface area contributed by atoms with E-state index in [1.165, 1.54) is 14.0 Å². The molecule has 6 fully saturated rings. The molecule has 14 unspecified atom stereocenters. The van der Waals surface area contributed by atoms with E-state index >= 15 is 0 Å². The number of piperidine rings is 1. The molecule has 3 N–H and O–H groups in total. The zero-order valence-electron chi connectivity index (χ0n) is 25.4. The van der Waals surface area contributed by atoms with Gasteiger partial charge in [-0.3, -0.25) is 4.79 Å². The topological polar surface area (TPSA) is 142 Å². The van der Waals surface area contributed by atoms with E-state index in [2.05, 4.69) is 5.32 Å². The Hall–Kier alpha value is -2.12. The van der Waals surface area contributed by atoms with Gasteiger partial charge in [0.15, 0.2) is 5.60 Å². The van der Waals surface area contributed by atoms with Crippen LogP contribution in [0.1, 0.15) is 36.5 Å². The fourth-order valence-electron chi connectivity index (χ4n) is 11.7. The molecule has 11 nitrogen and oxygen atoms in total. The maximum Gasteiger partial charge on any atom is 0.338 e. The van der Waals surface area contributed by atoms with E-state index < -0.39 is 64.8 Å². The van der Waals surface area contributed by atoms with Crippen LogP contribution in [0.25, 0.3) is 0 Å². The Labute approximate surface area is 251 Å². The number of esters is 2. The first kappa shape index (κ1) is 29.6. The molecule has 1 heterocycles. The number of aliphatic hydroxyl groups is 2. The second-order valence-electron chi connectivity index (χ2n) is 13.7. The zero-order chi connectivity index (χ0) is 30.5. The number of ether oxygens (including phenoxy) is 6. The molecule has 14 atom stereocenters. The van der Waals surface area contributed by atoms with Crippen molar-refractivity contribution in [2.24, 2.45) is 34.5 Å². The summed E-state index contributed by atoms with van der Waals surface area (Å²) in [5.74, 6) is -3.00. The Kier molecular flexibility index (Phi) is 6.84. The number of nitrogens with one attached hydrogen (secondary N) is 1. The summed E-state index contributed by atoms with van der Waals surface area (Å²) in [5.41, 5.74) is -3.95. The normalized spacial score (nSPS) is 50.3. The lowest BCUT2D eigenvalue weighted by atomic mass is 9.43. The van der Waals surface area contributed by atoms with Crippen LogP contribution in [0.4, 0.5) is 0 Å². The minimum absolute atomic E-state index is 0.107. The summed E-state index contributed by atoms with van der Waals surface area (Å²) in [6, 6.07) is 8.32. The highest BCUT2D eigenvalue weighted by Gasteiger charge is 2.91. The molecule has 1 spiro atoms. The van der Waals surface area contributed by atoms with Gasteiger partial charge in [-0.2, -0.15) is 0 Å². The summed E-state index contributed by atoms with van der Waals surface area (Å²) < 4.78 is 37.2. The predicted molar refractivity (Wildman–Crippen MR) is 150 cm³/mol. The van der Waals surface area contributed by atoms with Crippen LogP contribution in [0.15, 0.2) is 30.3 Å². The fourth-order valence-corrected chi connectivity index (χ4v) is 11.7. The summed E-state index contributed by atoms with van der Waals surface area (Å²) in [5, 5.41) is 28.8. The van der Waals surface area contributed by atoms with Crippen LogP contribution in [0.5, 0.6) is 0 Å². The Bertz CT molecular complexity index is 1280. The molecule has 1 saturated heterocycles. The molecule has 7 bridgehead atoms. The van der Waals surface area contributed by atoms with Crippen LogP contribution in [0.3, 0.4) is 0 Å². The largest absolute Gasteiger partial charge is 0.455 e. The van der Waals surface area contributed by atoms with E-state index in [9.17, 15) is 19.8 Å². The summed E-state index contributed by atoms with van der Waals surface area (Å²) in [6.45, 7) is 2.47. The van der Waals surface area contributed by atoms with Gasteiger partial charge in [-0.1, -0.05) is 18.2 Å². The first-order chi connectivity index (χ1) is 20.6. The van der Waals surface area contributed by atoms with E-state index in [-0.39, 0.29) is 35.8 Å². The summed E-state index contributed by atoms with van der Waals surface area (Å²) >= 11 is 0. The molecule has 5 saturated carbocycles.